The van der Waals surface area contributed by atoms with Crippen molar-refractivity contribution in [3.63, 3.8) is 0 Å². The van der Waals surface area contributed by atoms with Crippen LogP contribution in [0.3, 0.4) is 0 Å². The molecule has 0 unspecified atom stereocenters. The van der Waals surface area contributed by atoms with E-state index in [4.69, 9.17) is 10.2 Å². The third-order valence-corrected chi connectivity index (χ3v) is 0.762. The minimum atomic E-state index is -1.21. The molecule has 0 aliphatic rings. The van der Waals surface area contributed by atoms with Gasteiger partial charge in [-0.1, -0.05) is 0 Å². The van der Waals surface area contributed by atoms with E-state index in [0.717, 1.165) is 0 Å². The molecule has 0 spiro atoms. The Labute approximate surface area is 116 Å². The monoisotopic (exact) mass is 248 g/mol. The van der Waals surface area contributed by atoms with Crippen molar-refractivity contribution < 1.29 is 30.0 Å². The number of carboxylic acid groups (broad SMARTS) is 2. The maximum absolute atomic E-state index is 9.47. The van der Waals surface area contributed by atoms with Crippen molar-refractivity contribution in [2.24, 2.45) is 0 Å². The van der Waals surface area contributed by atoms with Crippen LogP contribution in [-0.4, -0.2) is 86.4 Å². The summed E-state index contributed by atoms with van der Waals surface area (Å²) < 4.78 is 0. The van der Waals surface area contributed by atoms with Gasteiger partial charge >= 0.3 is 37.7 Å². The number of hydrogen-bond donors (Lipinski definition) is 4. The van der Waals surface area contributed by atoms with Gasteiger partial charge in [0.05, 0.1) is 25.4 Å². The summed E-state index contributed by atoms with van der Waals surface area (Å²) in [5.74, 6) is -2.43. The van der Waals surface area contributed by atoms with Gasteiger partial charge in [-0.15, -0.1) is 0 Å². The summed E-state index contributed by atoms with van der Waals surface area (Å²) in [6, 6.07) is 0. The number of rotatable bonds is 6. The number of carboxylic acids is 2. The molecule has 0 saturated carbocycles. The zero-order chi connectivity index (χ0) is 11.4. The number of carbonyl (C=O) groups excluding carboxylic acids is 2. The average Bonchev–Trinajstić information content (AvgIpc) is 2.12. The second-order valence-corrected chi connectivity index (χ2v) is 1.91. The van der Waals surface area contributed by atoms with E-state index in [2.05, 4.69) is 10.6 Å². The number of carbonyl (C=O) groups is 2. The number of aliphatic hydroxyl groups is 2. The van der Waals surface area contributed by atoms with Crippen LogP contribution in [0.15, 0.2) is 0 Å². The Morgan fingerprint density at radius 2 is 1.20 bits per heavy atom. The van der Waals surface area contributed by atoms with Crippen LogP contribution in [0.4, 0.5) is 0 Å². The van der Waals surface area contributed by atoms with Crippen molar-refractivity contribution in [1.29, 1.82) is 0 Å². The fourth-order valence-electron chi connectivity index (χ4n) is 0.316. The number of nitrogens with one attached hydrogen (secondary N) is 2. The van der Waals surface area contributed by atoms with Crippen LogP contribution in [0, 0.1) is 0 Å². The topological polar surface area (TPSA) is 145 Å². The van der Waals surface area contributed by atoms with Crippen molar-refractivity contribution in [3.05, 3.63) is 0 Å². The molecular weight excluding hydrogens is 236 g/mol. The first kappa shape index (κ1) is 20.5. The summed E-state index contributed by atoms with van der Waals surface area (Å²) in [6.45, 7) is -1.24. The van der Waals surface area contributed by atoms with Crippen LogP contribution < -0.4 is 20.8 Å². The van der Waals surface area contributed by atoms with E-state index in [0.29, 0.717) is 0 Å². The summed E-state index contributed by atoms with van der Waals surface area (Å²) in [7, 11) is 0. The molecule has 8 nitrogen and oxygen atoms in total. The van der Waals surface area contributed by atoms with E-state index in [1.54, 1.807) is 0 Å². The maximum atomic E-state index is 9.47. The van der Waals surface area contributed by atoms with E-state index in [1.165, 1.54) is 0 Å². The van der Waals surface area contributed by atoms with Gasteiger partial charge in [0.25, 0.3) is 0 Å². The van der Waals surface area contributed by atoms with E-state index in [9.17, 15) is 19.8 Å². The molecule has 0 aromatic rings. The van der Waals surface area contributed by atoms with Gasteiger partial charge in [0.15, 0.2) is 0 Å². The molecule has 0 bridgehead atoms. The molecule has 9 heteroatoms. The van der Waals surface area contributed by atoms with Crippen LogP contribution in [0.5, 0.6) is 0 Å². The summed E-state index contributed by atoms with van der Waals surface area (Å²) in [6.07, 6.45) is 0. The third kappa shape index (κ3) is 31.5. The summed E-state index contributed by atoms with van der Waals surface area (Å²) in [5.41, 5.74) is 0. The smallest absolute Gasteiger partial charge is 0.549 e. The zero-order valence-corrected chi connectivity index (χ0v) is 10.3. The minimum absolute atomic E-state index is 0. The molecule has 0 heterocycles. The first-order chi connectivity index (χ1) is 6.54. The van der Waals surface area contributed by atoms with Gasteiger partial charge in [0.1, 0.15) is 0 Å². The molecule has 0 radical (unpaired) electrons. The van der Waals surface area contributed by atoms with Crippen LogP contribution in [0.25, 0.3) is 0 Å². The average molecular weight is 248 g/mol. The molecule has 0 amide bonds. The van der Waals surface area contributed by atoms with E-state index in [1.807, 2.05) is 0 Å². The second-order valence-electron chi connectivity index (χ2n) is 1.91. The second kappa shape index (κ2) is 16.5. The minimum Gasteiger partial charge on any atom is -0.549 e. The summed E-state index contributed by atoms with van der Waals surface area (Å²) >= 11 is 0. The normalized spacial score (nSPS) is 8.13. The molecule has 0 aromatic carbocycles. The van der Waals surface area contributed by atoms with Crippen molar-refractivity contribution in [1.82, 2.24) is 10.6 Å². The van der Waals surface area contributed by atoms with E-state index < -0.39 is 11.9 Å². The van der Waals surface area contributed by atoms with Crippen molar-refractivity contribution in [2.75, 3.05) is 26.6 Å². The predicted molar refractivity (Wildman–Crippen MR) is 45.9 cm³/mol. The SMILES string of the molecule is O=C([O-])CNCO.O=C([O-])CNCO.[Ca+2]. The predicted octanol–water partition coefficient (Wildman–Crippen LogP) is -5.83. The van der Waals surface area contributed by atoms with Gasteiger partial charge in [-0.2, -0.15) is 0 Å². The summed E-state index contributed by atoms with van der Waals surface area (Å²) in [4.78, 5) is 18.9. The van der Waals surface area contributed by atoms with Crippen LogP contribution >= 0.6 is 0 Å². The molecule has 0 aromatic heterocycles. The number of aliphatic hydroxyl groups excluding tert-OH is 2. The van der Waals surface area contributed by atoms with Gasteiger partial charge in [-0.3, -0.25) is 10.6 Å². The maximum Gasteiger partial charge on any atom is 2.00 e. The van der Waals surface area contributed by atoms with Gasteiger partial charge < -0.3 is 30.0 Å². The Balaban J connectivity index is -0.000000180. The Kier molecular flexibility index (Phi) is 22.5. The molecule has 0 rings (SSSR count). The Bertz CT molecular complexity index is 150. The molecule has 4 N–H and O–H groups in total. The van der Waals surface area contributed by atoms with Crippen LogP contribution in [0.2, 0.25) is 0 Å². The van der Waals surface area contributed by atoms with Crippen molar-refractivity contribution >= 4 is 49.7 Å². The largest absolute Gasteiger partial charge is 2.00 e. The zero-order valence-electron chi connectivity index (χ0n) is 8.06. The van der Waals surface area contributed by atoms with E-state index >= 15 is 0 Å². The molecule has 15 heavy (non-hydrogen) atoms. The molecule has 0 saturated heterocycles. The van der Waals surface area contributed by atoms with E-state index in [-0.39, 0.29) is 64.3 Å². The van der Waals surface area contributed by atoms with Crippen LogP contribution in [-0.2, 0) is 9.59 Å². The van der Waals surface area contributed by atoms with Crippen LogP contribution in [0.1, 0.15) is 0 Å². The van der Waals surface area contributed by atoms with Gasteiger partial charge in [0, 0.05) is 13.1 Å². The van der Waals surface area contributed by atoms with Gasteiger partial charge in [-0.05, 0) is 0 Å². The standard InChI is InChI=1S/2C3H7NO3.Ca/c2*5-2-4-1-3(6)7;/h2*4-5H,1-2H2,(H,6,7);/q;;+2/p-2. The Hall–Kier alpha value is 0.0397. The number of hydrogen-bond acceptors (Lipinski definition) is 8. The third-order valence-electron chi connectivity index (χ3n) is 0.762. The molecule has 0 aliphatic heterocycles. The molecule has 0 aliphatic carbocycles. The Morgan fingerprint density at radius 3 is 1.27 bits per heavy atom. The molecule has 84 valence electrons. The first-order valence-electron chi connectivity index (χ1n) is 3.57. The molecular formula is C6H12CaN2O6. The number of aliphatic carboxylic acids is 2. The quantitative estimate of drug-likeness (QED) is 0.268. The van der Waals surface area contributed by atoms with Gasteiger partial charge in [-0.25, -0.2) is 0 Å². The first-order valence-corrected chi connectivity index (χ1v) is 3.57. The fourth-order valence-corrected chi connectivity index (χ4v) is 0.316. The van der Waals surface area contributed by atoms with Gasteiger partial charge in [0.2, 0.25) is 0 Å². The van der Waals surface area contributed by atoms with Crippen molar-refractivity contribution in [2.45, 2.75) is 0 Å². The van der Waals surface area contributed by atoms with Crippen molar-refractivity contribution in [3.8, 4) is 0 Å². The Morgan fingerprint density at radius 1 is 0.933 bits per heavy atom. The molecule has 0 fully saturated rings. The fraction of sp³-hybridized carbons (Fsp3) is 0.667. The summed E-state index contributed by atoms with van der Waals surface area (Å²) in [5, 5.41) is 39.1. The molecule has 0 atom stereocenters.